The Morgan fingerprint density at radius 2 is 0.766 bits per heavy atom. The first-order chi connectivity index (χ1) is 51.0. The lowest BCUT2D eigenvalue weighted by molar-refractivity contribution is -0.156. The van der Waals surface area contributed by atoms with Crippen LogP contribution in [-0.2, 0) is 63.5 Å². The Balaban J connectivity index is 0.000000343. The summed E-state index contributed by atoms with van der Waals surface area (Å²) in [5.74, 6) is -8.77. The molecule has 0 fully saturated rings. The van der Waals surface area contributed by atoms with Gasteiger partial charge in [0.25, 0.3) is 5.85 Å². The number of alkyl halides is 1. The second kappa shape index (κ2) is 50.4. The molecule has 0 aromatic heterocycles. The Bertz CT molecular complexity index is 3880. The number of phenols is 1. The van der Waals surface area contributed by atoms with E-state index in [2.05, 4.69) is 132 Å². The number of aromatic hydroxyl groups is 1. The minimum absolute atomic E-state index is 0. The molecule has 3 atom stereocenters. The second-order valence-electron chi connectivity index (χ2n) is 22.0. The highest BCUT2D eigenvalue weighted by atomic mass is 35.5. The van der Waals surface area contributed by atoms with Crippen LogP contribution in [0.3, 0.4) is 0 Å². The highest BCUT2D eigenvalue weighted by molar-refractivity contribution is 7.96. The topological polar surface area (TPSA) is 179 Å². The van der Waals surface area contributed by atoms with Crippen LogP contribution in [0.4, 0.5) is 26.3 Å². The van der Waals surface area contributed by atoms with Gasteiger partial charge >= 0.3 is 23.9 Å². The van der Waals surface area contributed by atoms with Crippen molar-refractivity contribution in [3.63, 3.8) is 0 Å². The van der Waals surface area contributed by atoms with Gasteiger partial charge in [-0.25, -0.2) is 45.5 Å². The Hall–Kier alpha value is -9.23. The van der Waals surface area contributed by atoms with Crippen LogP contribution in [0.5, 0.6) is 5.75 Å². The molecule has 0 radical (unpaired) electrons. The number of aldehydes is 1. The molecule has 0 amide bonds. The first kappa shape index (κ1) is 92.0. The predicted octanol–water partition coefficient (Wildman–Crippen LogP) is 13.0. The van der Waals surface area contributed by atoms with Crippen molar-refractivity contribution in [1.29, 1.82) is 0 Å². The molecule has 24 heteroatoms. The third-order valence-corrected chi connectivity index (χ3v) is 21.9. The molecule has 3 unspecified atom stereocenters. The fourth-order valence-corrected chi connectivity index (χ4v) is 16.8. The van der Waals surface area contributed by atoms with E-state index in [1.807, 2.05) is 68.4 Å². The van der Waals surface area contributed by atoms with Gasteiger partial charge in [-0.2, -0.15) is 0 Å². The molecule has 14 nitrogen and oxygen atoms in total. The molecule has 0 spiro atoms. The van der Waals surface area contributed by atoms with Crippen molar-refractivity contribution in [2.75, 3.05) is 52.9 Å². The molecule has 0 heterocycles. The van der Waals surface area contributed by atoms with Crippen LogP contribution in [0, 0.1) is 48.8 Å². The largest absolute Gasteiger partial charge is 1.00 e. The van der Waals surface area contributed by atoms with E-state index in [1.165, 1.54) is 35.8 Å². The maximum Gasteiger partial charge on any atom is 0.376 e. The van der Waals surface area contributed by atoms with Gasteiger partial charge in [0.05, 0.1) is 33.0 Å². The summed E-state index contributed by atoms with van der Waals surface area (Å²) in [6, 6.07) is 69.2. The number of hydrogen-bond acceptors (Lipinski definition) is 14. The Kier molecular flexibility index (Phi) is 43.3. The number of benzene rings is 9. The number of hydrogen-bond donors (Lipinski definition) is 1. The van der Waals surface area contributed by atoms with Gasteiger partial charge in [0.2, 0.25) is 11.3 Å². The summed E-state index contributed by atoms with van der Waals surface area (Å²) in [5.41, 5.74) is -0.645. The van der Waals surface area contributed by atoms with Crippen molar-refractivity contribution in [2.45, 2.75) is 93.2 Å². The number of esters is 4. The van der Waals surface area contributed by atoms with Gasteiger partial charge in [-0.1, -0.05) is 157 Å². The van der Waals surface area contributed by atoms with Gasteiger partial charge in [-0.05, 0) is 183 Å². The first-order valence-corrected chi connectivity index (χ1v) is 37.7. The summed E-state index contributed by atoms with van der Waals surface area (Å²) in [5, 5.41) is 16.5. The van der Waals surface area contributed by atoms with Crippen LogP contribution in [0.15, 0.2) is 224 Å². The summed E-state index contributed by atoms with van der Waals surface area (Å²) in [6.45, 7) is 19.0. The Morgan fingerprint density at radius 1 is 0.430 bits per heavy atom. The van der Waals surface area contributed by atoms with Crippen molar-refractivity contribution >= 4 is 94.9 Å². The molecule has 0 aliphatic heterocycles. The van der Waals surface area contributed by atoms with Crippen LogP contribution in [0.1, 0.15) is 88.0 Å². The maximum absolute atomic E-state index is 13.4. The second-order valence-corrected chi connectivity index (χ2v) is 28.0. The molecule has 0 saturated carbocycles. The van der Waals surface area contributed by atoms with Crippen molar-refractivity contribution in [2.24, 2.45) is 0 Å². The summed E-state index contributed by atoms with van der Waals surface area (Å²) < 4.78 is 119. The standard InChI is InChI=1S/C24H26O3P.C18H15P.C14H16F2O3.C13H16F2O4.C8H6F2O.C6H11ClO3.ClH/c1-3-26-23(25)24(27-4-2)28(20-14-8-5-9-15-20,21-16-10-6-11-17-21)22-18-12-7-13-19-22;1-4-10-16(11-5-1)19(17-12-6-2-7-13-17)18-14-8-3-9-15-18;1-4-18-13(14(17)19-5-2)8-10-6-11(15)9(3)12(16)7-10;1-3-18-11(13(17)19-4-2)7-8-5-9(14)12(16)10(15)6-8;1-5-7(9)2-6(4-11)3-8(5)10;1-3-9-5(7)6(8)10-4-2;/h5-19,24H,3-4H2,1-2H3;1-15H;6-8H,4-5H2,1-3H3;5-6,11,16H,3-4,7H2,1-2H3;2-4H,1H3;5H,3-4H2,1-2H3;1H/q+1;;;;;;/p-1/b;;13-8-;;;;. The fourth-order valence-electron chi connectivity index (χ4n) is 9.90. The van der Waals surface area contributed by atoms with Gasteiger partial charge in [-0.3, -0.25) is 4.79 Å². The first-order valence-electron chi connectivity index (χ1n) is 34.1. The number of rotatable bonds is 27. The van der Waals surface area contributed by atoms with E-state index in [0.29, 0.717) is 32.7 Å². The molecule has 1 N–H and O–H groups in total. The van der Waals surface area contributed by atoms with Crippen molar-refractivity contribution in [3.8, 4) is 5.75 Å². The minimum Gasteiger partial charge on any atom is -1.00 e. The lowest BCUT2D eigenvalue weighted by Crippen LogP contribution is -3.00. The van der Waals surface area contributed by atoms with Crippen molar-refractivity contribution in [3.05, 3.63) is 287 Å². The summed E-state index contributed by atoms with van der Waals surface area (Å²) in [7, 11) is -2.91. The molecule has 9 aromatic rings. The normalized spacial score (nSPS) is 11.5. The van der Waals surface area contributed by atoms with Gasteiger partial charge < -0.3 is 55.4 Å². The van der Waals surface area contributed by atoms with Crippen LogP contribution >= 0.6 is 26.8 Å². The van der Waals surface area contributed by atoms with Gasteiger partial charge in [0.1, 0.15) is 45.5 Å². The van der Waals surface area contributed by atoms with E-state index >= 15 is 0 Å². The van der Waals surface area contributed by atoms with E-state index in [-0.39, 0.29) is 84.8 Å². The van der Waals surface area contributed by atoms with E-state index in [0.717, 1.165) is 52.3 Å². The number of carbonyl (C=O) groups excluding carboxylic acids is 5. The molecule has 0 aliphatic rings. The average Bonchev–Trinajstić information content (AvgIpc) is 0.735. The molecule has 107 heavy (non-hydrogen) atoms. The average molecular weight is 1560 g/mol. The van der Waals surface area contributed by atoms with Crippen LogP contribution in [-0.4, -0.2) is 106 Å². The van der Waals surface area contributed by atoms with E-state index < -0.39 is 91.3 Å². The lowest BCUT2D eigenvalue weighted by Gasteiger charge is -2.32. The van der Waals surface area contributed by atoms with E-state index in [4.69, 9.17) is 49.9 Å². The number of carbonyl (C=O) groups is 5. The van der Waals surface area contributed by atoms with Crippen LogP contribution < -0.4 is 44.2 Å². The summed E-state index contributed by atoms with van der Waals surface area (Å²) in [6.07, 6.45) is 0.716. The number of phenolic OH excluding ortho intramolecular Hbond substituents is 1. The Morgan fingerprint density at radius 3 is 1.11 bits per heavy atom. The van der Waals surface area contributed by atoms with Crippen molar-refractivity contribution in [1.82, 2.24) is 0 Å². The smallest absolute Gasteiger partial charge is 0.376 e. The quantitative estimate of drug-likeness (QED) is 0.00751. The third kappa shape index (κ3) is 29.1. The van der Waals surface area contributed by atoms with Gasteiger partial charge in [-0.15, -0.1) is 0 Å². The minimum atomic E-state index is -2.46. The SMILES string of the molecule is CCOC(=O)/C(=C/c1cc(F)c(C)c(F)c1)OCC.CCOC(=O)C(Cc1cc(F)c(O)c(F)c1)OCC.CCOC(=O)C(Cl)OCC.CCOC(=O)C(OCC)[P+](c1ccccc1)(c1ccccc1)c1ccccc1.Cc1c(F)cc(C=O)cc1F.[Cl-].c1ccc(P(c2ccccc2)c2ccccc2)cc1. The summed E-state index contributed by atoms with van der Waals surface area (Å²) >= 11 is 5.41. The van der Waals surface area contributed by atoms with Gasteiger partial charge in [0, 0.05) is 42.9 Å². The third-order valence-electron chi connectivity index (χ3n) is 14.7. The zero-order chi connectivity index (χ0) is 78.0. The summed E-state index contributed by atoms with van der Waals surface area (Å²) in [4.78, 5) is 57.1. The molecular weight excluding hydrogens is 1470 g/mol. The molecule has 9 rings (SSSR count). The zero-order valence-electron chi connectivity index (χ0n) is 61.2. The Labute approximate surface area is 635 Å². The van der Waals surface area contributed by atoms with Crippen LogP contribution in [0.25, 0.3) is 6.08 Å². The van der Waals surface area contributed by atoms with Crippen LogP contribution in [0.2, 0.25) is 0 Å². The van der Waals surface area contributed by atoms with E-state index in [1.54, 1.807) is 41.5 Å². The molecule has 0 bridgehead atoms. The zero-order valence-corrected chi connectivity index (χ0v) is 64.5. The molecule has 572 valence electrons. The molecular formula is C83H90Cl2F6O14P2. The van der Waals surface area contributed by atoms with Crippen molar-refractivity contribution < 1.29 is 106 Å². The van der Waals surface area contributed by atoms with E-state index in [9.17, 15) is 50.3 Å². The maximum atomic E-state index is 13.4. The number of halogens is 8. The highest BCUT2D eigenvalue weighted by Gasteiger charge is 2.57. The highest BCUT2D eigenvalue weighted by Crippen LogP contribution is 2.60. The molecule has 0 saturated heterocycles. The van der Waals surface area contributed by atoms with Gasteiger partial charge in [0.15, 0.2) is 30.8 Å². The molecule has 0 aliphatic carbocycles. The monoisotopic (exact) mass is 1560 g/mol. The predicted molar refractivity (Wildman–Crippen MR) is 408 cm³/mol. The number of ether oxygens (including phenoxy) is 8. The molecule has 9 aromatic carbocycles. The fraction of sp³-hybridized carbons (Fsp3) is 0.265. The lowest BCUT2D eigenvalue weighted by atomic mass is 10.1.